The number of rotatable bonds is 18. The van der Waals surface area contributed by atoms with Crippen molar-refractivity contribution < 1.29 is 43.2 Å². The van der Waals surface area contributed by atoms with Gasteiger partial charge in [-0.3, -0.25) is 0 Å². The summed E-state index contributed by atoms with van der Waals surface area (Å²) in [4.78, 5) is 35.1. The molecule has 3 aromatic carbocycles. The molecule has 0 radical (unpaired) electrons. The maximum atomic E-state index is 12.3. The predicted octanol–water partition coefficient (Wildman–Crippen LogP) is 6.11. The van der Waals surface area contributed by atoms with E-state index >= 15 is 0 Å². The molecular weight excluding hydrogens is 576 g/mol. The molecule has 3 rings (SSSR count). The molecule has 9 heteroatoms. The first kappa shape index (κ1) is 34.3. The zero-order valence-corrected chi connectivity index (χ0v) is 25.4. The highest BCUT2D eigenvalue weighted by Gasteiger charge is 2.07. The van der Waals surface area contributed by atoms with Crippen molar-refractivity contribution >= 4 is 24.0 Å². The van der Waals surface area contributed by atoms with Gasteiger partial charge in [-0.25, -0.2) is 14.4 Å². The summed E-state index contributed by atoms with van der Waals surface area (Å²) in [6.45, 7) is 9.50. The number of hydrogen-bond donors (Lipinski definition) is 1. The van der Waals surface area contributed by atoms with E-state index in [0.29, 0.717) is 49.5 Å². The second kappa shape index (κ2) is 18.5. The van der Waals surface area contributed by atoms with E-state index in [1.54, 1.807) is 37.3 Å². The van der Waals surface area contributed by atoms with Gasteiger partial charge in [0.05, 0.1) is 38.6 Å². The lowest BCUT2D eigenvalue weighted by molar-refractivity contribution is -0.140. The van der Waals surface area contributed by atoms with E-state index in [4.69, 9.17) is 28.8 Å². The second-order valence-corrected chi connectivity index (χ2v) is 9.94. The van der Waals surface area contributed by atoms with Crippen LogP contribution in [0.25, 0.3) is 17.2 Å². The Balaban J connectivity index is 1.36. The fourth-order valence-corrected chi connectivity index (χ4v) is 3.71. The van der Waals surface area contributed by atoms with Crippen LogP contribution in [0.15, 0.2) is 103 Å². The van der Waals surface area contributed by atoms with Gasteiger partial charge >= 0.3 is 17.9 Å². The van der Waals surface area contributed by atoms with Crippen molar-refractivity contribution in [3.05, 3.63) is 109 Å². The molecule has 0 saturated heterocycles. The maximum absolute atomic E-state index is 12.3. The molecule has 0 saturated carbocycles. The van der Waals surface area contributed by atoms with Gasteiger partial charge in [0.2, 0.25) is 0 Å². The topological polar surface area (TPSA) is 118 Å². The summed E-state index contributed by atoms with van der Waals surface area (Å²) in [7, 11) is 0. The predicted molar refractivity (Wildman–Crippen MR) is 171 cm³/mol. The number of aliphatic hydroxyl groups excluding tert-OH is 1. The highest BCUT2D eigenvalue weighted by Crippen LogP contribution is 2.23. The zero-order valence-electron chi connectivity index (χ0n) is 25.4. The number of carbonyl (C=O) groups excluding carboxylic acids is 3. The van der Waals surface area contributed by atoms with Crippen molar-refractivity contribution in [3.63, 3.8) is 0 Å². The Morgan fingerprint density at radius 3 is 1.76 bits per heavy atom. The molecule has 3 aromatic rings. The molecule has 0 aliphatic heterocycles. The van der Waals surface area contributed by atoms with Gasteiger partial charge in [-0.1, -0.05) is 49.6 Å². The van der Waals surface area contributed by atoms with E-state index in [9.17, 15) is 14.4 Å². The fourth-order valence-electron chi connectivity index (χ4n) is 3.71. The van der Waals surface area contributed by atoms with Crippen LogP contribution in [0.2, 0.25) is 0 Å². The van der Waals surface area contributed by atoms with E-state index in [2.05, 4.69) is 13.2 Å². The number of ether oxygens (including phenoxy) is 5. The molecular formula is C36H38O9. The van der Waals surface area contributed by atoms with E-state index < -0.39 is 24.5 Å². The monoisotopic (exact) mass is 614 g/mol. The van der Waals surface area contributed by atoms with Crippen LogP contribution in [0.5, 0.6) is 17.2 Å². The average molecular weight is 615 g/mol. The molecule has 0 aromatic heterocycles. The maximum Gasteiger partial charge on any atom is 0.336 e. The lowest BCUT2D eigenvalue weighted by atomic mass is 10.0. The zero-order chi connectivity index (χ0) is 32.4. The van der Waals surface area contributed by atoms with Crippen LogP contribution in [0.3, 0.4) is 0 Å². The minimum absolute atomic E-state index is 0.0260. The molecule has 0 atom stereocenters. The summed E-state index contributed by atoms with van der Waals surface area (Å²) in [5.74, 6) is 0.239. The first-order valence-corrected chi connectivity index (χ1v) is 14.5. The Morgan fingerprint density at radius 1 is 0.667 bits per heavy atom. The summed E-state index contributed by atoms with van der Waals surface area (Å²) in [6.07, 6.45) is 4.91. The van der Waals surface area contributed by atoms with E-state index in [-0.39, 0.29) is 18.8 Å². The normalized spacial score (nSPS) is 10.6. The van der Waals surface area contributed by atoms with E-state index in [1.165, 1.54) is 6.08 Å². The molecule has 0 aliphatic carbocycles. The summed E-state index contributed by atoms with van der Waals surface area (Å²) in [5.41, 5.74) is 3.29. The summed E-state index contributed by atoms with van der Waals surface area (Å²) >= 11 is 0. The van der Waals surface area contributed by atoms with Crippen molar-refractivity contribution in [3.8, 4) is 28.4 Å². The number of carbonyl (C=O) groups is 3. The lowest BCUT2D eigenvalue weighted by Gasteiger charge is -2.08. The van der Waals surface area contributed by atoms with Crippen LogP contribution < -0.4 is 14.2 Å². The Hall–Kier alpha value is -5.15. The third kappa shape index (κ3) is 12.5. The molecule has 1 N–H and O–H groups in total. The first-order chi connectivity index (χ1) is 21.7. The molecule has 0 heterocycles. The molecule has 0 amide bonds. The molecule has 45 heavy (non-hydrogen) atoms. The van der Waals surface area contributed by atoms with Crippen molar-refractivity contribution in [2.24, 2.45) is 0 Å². The number of unbranched alkanes of at least 4 members (excludes halogenated alkanes) is 1. The van der Waals surface area contributed by atoms with Crippen LogP contribution >= 0.6 is 0 Å². The number of hydrogen-bond acceptors (Lipinski definition) is 9. The Labute approximate surface area is 263 Å². The van der Waals surface area contributed by atoms with Crippen molar-refractivity contribution in [2.75, 3.05) is 33.0 Å². The fraction of sp³-hybridized carbons (Fsp3) is 0.250. The van der Waals surface area contributed by atoms with Gasteiger partial charge in [0.1, 0.15) is 17.2 Å². The summed E-state index contributed by atoms with van der Waals surface area (Å²) < 4.78 is 26.8. The van der Waals surface area contributed by atoms with Crippen LogP contribution in [-0.2, 0) is 23.9 Å². The highest BCUT2D eigenvalue weighted by molar-refractivity contribution is 5.89. The summed E-state index contributed by atoms with van der Waals surface area (Å²) in [5, 5.41) is 8.84. The Morgan fingerprint density at radius 2 is 1.16 bits per heavy atom. The minimum Gasteiger partial charge on any atom is -0.494 e. The van der Waals surface area contributed by atoms with Crippen molar-refractivity contribution in [1.29, 1.82) is 0 Å². The summed E-state index contributed by atoms with van der Waals surface area (Å²) in [6, 6.07) is 22.2. The molecule has 9 nitrogen and oxygen atoms in total. The molecule has 236 valence electrons. The van der Waals surface area contributed by atoms with Crippen LogP contribution in [-0.4, -0.2) is 56.0 Å². The highest BCUT2D eigenvalue weighted by atomic mass is 16.5. The van der Waals surface area contributed by atoms with Gasteiger partial charge in [-0.15, -0.1) is 0 Å². The molecule has 0 aliphatic rings. The van der Waals surface area contributed by atoms with Gasteiger partial charge in [-0.05, 0) is 78.9 Å². The van der Waals surface area contributed by atoms with Gasteiger partial charge in [-0.2, -0.15) is 0 Å². The van der Waals surface area contributed by atoms with Gasteiger partial charge in [0, 0.05) is 18.1 Å². The largest absolute Gasteiger partial charge is 0.494 e. The van der Waals surface area contributed by atoms with Crippen molar-refractivity contribution in [2.45, 2.75) is 26.2 Å². The van der Waals surface area contributed by atoms with Crippen molar-refractivity contribution in [1.82, 2.24) is 0 Å². The van der Waals surface area contributed by atoms with Crippen LogP contribution in [0, 0.1) is 0 Å². The Kier molecular flexibility index (Phi) is 14.1. The quantitative estimate of drug-likeness (QED) is 0.0784. The van der Waals surface area contributed by atoms with Crippen LogP contribution in [0.1, 0.15) is 31.7 Å². The molecule has 0 fully saturated rings. The van der Waals surface area contributed by atoms with E-state index in [0.717, 1.165) is 22.4 Å². The van der Waals surface area contributed by atoms with E-state index in [1.807, 2.05) is 48.5 Å². The van der Waals surface area contributed by atoms with Gasteiger partial charge in [0.25, 0.3) is 0 Å². The number of benzene rings is 3. The minimum atomic E-state index is -0.600. The number of aliphatic hydroxyl groups is 1. The standard InChI is InChI=1S/C36H38O9/c1-26(2)35(39)43-24-6-23-42-31-14-12-30(13-15-31)29-10-7-28(8-11-29)9-20-34(38)45-33-18-16-32(17-19-33)41-21-4-5-22-44-36(40)27(3)25-37/h7-20,37H,1,3-6,21-25H2,2H3/b20-9+. The first-order valence-electron chi connectivity index (χ1n) is 14.5. The SMILES string of the molecule is C=C(C)C(=O)OCCCOc1ccc(-c2ccc(/C=C/C(=O)Oc3ccc(OCCCCOC(=O)C(=C)CO)cc3)cc2)cc1. The average Bonchev–Trinajstić information content (AvgIpc) is 3.05. The molecule has 0 spiro atoms. The third-order valence-corrected chi connectivity index (χ3v) is 6.21. The number of esters is 3. The van der Waals surface area contributed by atoms with Gasteiger partial charge in [0.15, 0.2) is 0 Å². The Bertz CT molecular complexity index is 1450. The van der Waals surface area contributed by atoms with Gasteiger partial charge < -0.3 is 28.8 Å². The molecule has 0 bridgehead atoms. The third-order valence-electron chi connectivity index (χ3n) is 6.21. The molecule has 0 unspecified atom stereocenters. The lowest BCUT2D eigenvalue weighted by Crippen LogP contribution is -2.11. The smallest absolute Gasteiger partial charge is 0.336 e. The second-order valence-electron chi connectivity index (χ2n) is 9.94. The van der Waals surface area contributed by atoms with Crippen LogP contribution in [0.4, 0.5) is 0 Å².